The lowest BCUT2D eigenvalue weighted by atomic mass is 9.85. The first-order valence-electron chi connectivity index (χ1n) is 15.0. The Balaban J connectivity index is 1.56. The minimum Gasteiger partial charge on any atom is -0.255 e. The smallest absolute Gasteiger partial charge is 0.255 e. The third-order valence-electron chi connectivity index (χ3n) is 8.02. The highest BCUT2D eigenvalue weighted by atomic mass is 19.4. The second-order valence-electron chi connectivity index (χ2n) is 11.0. The monoisotopic (exact) mass is 620 g/mol. The molecule has 0 atom stereocenters. The molecule has 0 fully saturated rings. The number of aromatic nitrogens is 4. The first-order chi connectivity index (χ1) is 22.9. The van der Waals surface area contributed by atoms with Crippen LogP contribution in [0.25, 0.3) is 67.5 Å². The number of rotatable bonds is 6. The number of alkyl halides is 3. The zero-order valence-electron chi connectivity index (χ0n) is 25.3. The maximum Gasteiger partial charge on any atom is 0.417 e. The van der Waals surface area contributed by atoms with Gasteiger partial charge in [0, 0.05) is 23.5 Å². The number of nitrogens with zero attached hydrogens (tertiary/aromatic N) is 4. The van der Waals surface area contributed by atoms with E-state index in [-0.39, 0.29) is 5.56 Å². The van der Waals surface area contributed by atoms with E-state index in [2.05, 4.69) is 9.97 Å². The van der Waals surface area contributed by atoms with Crippen molar-refractivity contribution in [2.45, 2.75) is 13.1 Å². The average molecular weight is 621 g/mol. The Morgan fingerprint density at radius 1 is 0.404 bits per heavy atom. The van der Waals surface area contributed by atoms with Crippen LogP contribution < -0.4 is 0 Å². The fraction of sp³-hybridized carbons (Fsp3) is 0.0500. The minimum atomic E-state index is -4.58. The predicted molar refractivity (Wildman–Crippen MR) is 180 cm³/mol. The van der Waals surface area contributed by atoms with Gasteiger partial charge in [-0.3, -0.25) is 9.97 Å². The normalized spacial score (nSPS) is 11.4. The Labute approximate surface area is 270 Å². The van der Waals surface area contributed by atoms with Crippen molar-refractivity contribution >= 4 is 0 Å². The molecule has 0 aliphatic heterocycles. The highest BCUT2D eigenvalue weighted by molar-refractivity contribution is 5.95. The van der Waals surface area contributed by atoms with Gasteiger partial charge in [0.15, 0.2) is 0 Å². The van der Waals surface area contributed by atoms with Crippen LogP contribution in [0.3, 0.4) is 0 Å². The molecule has 7 rings (SSSR count). The van der Waals surface area contributed by atoms with Gasteiger partial charge < -0.3 is 0 Å². The molecule has 0 N–H and O–H groups in total. The largest absolute Gasteiger partial charge is 0.417 e. The summed E-state index contributed by atoms with van der Waals surface area (Å²) >= 11 is 0. The van der Waals surface area contributed by atoms with Gasteiger partial charge in [0.25, 0.3) is 0 Å². The lowest BCUT2D eigenvalue weighted by Gasteiger charge is -2.21. The molecule has 0 amide bonds. The predicted octanol–water partition coefficient (Wildman–Crippen LogP) is 10.6. The number of hydrogen-bond donors (Lipinski definition) is 0. The van der Waals surface area contributed by atoms with Crippen molar-refractivity contribution in [1.29, 1.82) is 0 Å². The molecule has 0 aliphatic carbocycles. The molecule has 0 unspecified atom stereocenters. The first kappa shape index (κ1) is 29.7. The fourth-order valence-corrected chi connectivity index (χ4v) is 5.79. The second-order valence-corrected chi connectivity index (χ2v) is 11.0. The zero-order chi connectivity index (χ0) is 32.4. The summed E-state index contributed by atoms with van der Waals surface area (Å²) in [5.74, 6) is 0. The summed E-state index contributed by atoms with van der Waals surface area (Å²) < 4.78 is 43.7. The van der Waals surface area contributed by atoms with Gasteiger partial charge in [0.05, 0.1) is 39.7 Å². The van der Waals surface area contributed by atoms with E-state index in [1.165, 1.54) is 12.1 Å². The summed E-state index contributed by atoms with van der Waals surface area (Å²) in [5, 5.41) is 0. The first-order valence-corrected chi connectivity index (χ1v) is 15.0. The SMILES string of the molecule is Cc1ccccc1-c1cc(-c2cccc(-c3ccccn3)n2)c(-c2ccccc2C(F)(F)F)cc1-c1cccc(-c2ccccn2)n1. The van der Waals surface area contributed by atoms with Crippen LogP contribution in [-0.2, 0) is 6.18 Å². The van der Waals surface area contributed by atoms with E-state index in [1.54, 1.807) is 18.5 Å². The standard InChI is InChI=1S/C40H27F3N4/c1-26-12-2-3-13-27(26)29-24-32(35-19-11-21-39(47-35)37-17-7-9-23-45-37)30(28-14-4-5-15-33(28)40(41,42)43)25-31(29)34-18-10-20-38(46-34)36-16-6-8-22-44-36/h2-25H,1H3. The summed E-state index contributed by atoms with van der Waals surface area (Å²) in [4.78, 5) is 18.8. The Morgan fingerprint density at radius 2 is 0.851 bits per heavy atom. The molecule has 0 saturated heterocycles. The summed E-state index contributed by atoms with van der Waals surface area (Å²) in [6, 6.07) is 39.7. The Hall–Kier alpha value is -5.95. The van der Waals surface area contributed by atoms with Crippen molar-refractivity contribution in [2.24, 2.45) is 0 Å². The van der Waals surface area contributed by atoms with Gasteiger partial charge in [-0.1, -0.05) is 66.7 Å². The molecule has 0 aliphatic rings. The van der Waals surface area contributed by atoms with Crippen LogP contribution in [0.5, 0.6) is 0 Å². The number of aryl methyl sites for hydroxylation is 1. The third-order valence-corrected chi connectivity index (χ3v) is 8.02. The maximum absolute atomic E-state index is 14.6. The van der Waals surface area contributed by atoms with Crippen molar-refractivity contribution in [3.8, 4) is 67.5 Å². The highest BCUT2D eigenvalue weighted by Gasteiger charge is 2.34. The fourth-order valence-electron chi connectivity index (χ4n) is 5.79. The lowest BCUT2D eigenvalue weighted by Crippen LogP contribution is -2.07. The summed E-state index contributed by atoms with van der Waals surface area (Å²) in [6.07, 6.45) is -1.19. The van der Waals surface area contributed by atoms with Gasteiger partial charge in [-0.05, 0) is 101 Å². The molecular formula is C40H27F3N4. The van der Waals surface area contributed by atoms with Crippen molar-refractivity contribution in [1.82, 2.24) is 19.9 Å². The average Bonchev–Trinajstić information content (AvgIpc) is 3.12. The van der Waals surface area contributed by atoms with Crippen LogP contribution in [0.1, 0.15) is 11.1 Å². The molecule has 3 aromatic carbocycles. The van der Waals surface area contributed by atoms with E-state index in [9.17, 15) is 13.2 Å². The van der Waals surface area contributed by atoms with Gasteiger partial charge in [0.2, 0.25) is 0 Å². The van der Waals surface area contributed by atoms with Crippen LogP contribution in [-0.4, -0.2) is 19.9 Å². The van der Waals surface area contributed by atoms with Crippen LogP contribution in [0, 0.1) is 6.92 Å². The topological polar surface area (TPSA) is 51.6 Å². The van der Waals surface area contributed by atoms with E-state index < -0.39 is 11.7 Å². The highest BCUT2D eigenvalue weighted by Crippen LogP contribution is 2.45. The Kier molecular flexibility index (Phi) is 7.88. The lowest BCUT2D eigenvalue weighted by molar-refractivity contribution is -0.137. The van der Waals surface area contributed by atoms with Gasteiger partial charge in [-0.2, -0.15) is 13.2 Å². The summed E-state index contributed by atoms with van der Waals surface area (Å²) in [5.41, 5.74) is 7.50. The van der Waals surface area contributed by atoms with Crippen LogP contribution in [0.15, 0.2) is 146 Å². The second kappa shape index (κ2) is 12.4. The number of hydrogen-bond acceptors (Lipinski definition) is 4. The quantitative estimate of drug-likeness (QED) is 0.186. The van der Waals surface area contributed by atoms with Crippen LogP contribution >= 0.6 is 0 Å². The van der Waals surface area contributed by atoms with Crippen LogP contribution in [0.4, 0.5) is 13.2 Å². The molecule has 4 nitrogen and oxygen atoms in total. The Morgan fingerprint density at radius 3 is 1.36 bits per heavy atom. The van der Waals surface area contributed by atoms with E-state index >= 15 is 0 Å². The van der Waals surface area contributed by atoms with E-state index in [1.807, 2.05) is 116 Å². The molecule has 0 saturated carbocycles. The van der Waals surface area contributed by atoms with Gasteiger partial charge in [-0.15, -0.1) is 0 Å². The maximum atomic E-state index is 14.6. The zero-order valence-corrected chi connectivity index (χ0v) is 25.3. The minimum absolute atomic E-state index is 0.0542. The molecule has 228 valence electrons. The molecule has 4 aromatic heterocycles. The molecule has 0 radical (unpaired) electrons. The Bertz CT molecular complexity index is 2200. The molecule has 0 bridgehead atoms. The number of halogens is 3. The van der Waals surface area contributed by atoms with E-state index in [0.29, 0.717) is 50.9 Å². The molecule has 7 heteroatoms. The summed E-state index contributed by atoms with van der Waals surface area (Å²) in [7, 11) is 0. The molecule has 0 spiro atoms. The van der Waals surface area contributed by atoms with Crippen molar-refractivity contribution < 1.29 is 13.2 Å². The van der Waals surface area contributed by atoms with Gasteiger partial charge in [-0.25, -0.2) is 9.97 Å². The number of pyridine rings is 4. The molecular weight excluding hydrogens is 593 g/mol. The van der Waals surface area contributed by atoms with Crippen molar-refractivity contribution in [3.05, 3.63) is 157 Å². The van der Waals surface area contributed by atoms with Crippen LogP contribution in [0.2, 0.25) is 0 Å². The van der Waals surface area contributed by atoms with E-state index in [4.69, 9.17) is 9.97 Å². The van der Waals surface area contributed by atoms with Gasteiger partial charge >= 0.3 is 6.18 Å². The van der Waals surface area contributed by atoms with Gasteiger partial charge in [0.1, 0.15) is 0 Å². The molecule has 4 heterocycles. The van der Waals surface area contributed by atoms with E-state index in [0.717, 1.165) is 22.8 Å². The summed E-state index contributed by atoms with van der Waals surface area (Å²) in [6.45, 7) is 2.02. The van der Waals surface area contributed by atoms with Crippen molar-refractivity contribution in [2.75, 3.05) is 0 Å². The molecule has 47 heavy (non-hydrogen) atoms. The number of benzene rings is 3. The van der Waals surface area contributed by atoms with Crippen molar-refractivity contribution in [3.63, 3.8) is 0 Å². The third kappa shape index (κ3) is 6.03. The molecule has 7 aromatic rings.